The lowest BCUT2D eigenvalue weighted by Gasteiger charge is -2.35. The quantitative estimate of drug-likeness (QED) is 0.742. The van der Waals surface area contributed by atoms with E-state index in [4.69, 9.17) is 0 Å². The van der Waals surface area contributed by atoms with Gasteiger partial charge in [0.15, 0.2) is 0 Å². The fourth-order valence-electron chi connectivity index (χ4n) is 3.98. The van der Waals surface area contributed by atoms with Crippen LogP contribution in [0.25, 0.3) is 0 Å². The van der Waals surface area contributed by atoms with E-state index in [-0.39, 0.29) is 5.91 Å². The summed E-state index contributed by atoms with van der Waals surface area (Å²) >= 11 is 0. The van der Waals surface area contributed by atoms with Crippen molar-refractivity contribution in [1.82, 2.24) is 14.1 Å². The van der Waals surface area contributed by atoms with Gasteiger partial charge in [-0.3, -0.25) is 4.79 Å². The largest absolute Gasteiger partial charge is 0.340 e. The molecule has 0 saturated carbocycles. The van der Waals surface area contributed by atoms with E-state index in [0.717, 1.165) is 52.0 Å². The van der Waals surface area contributed by atoms with Crippen LogP contribution in [-0.4, -0.2) is 74.2 Å². The van der Waals surface area contributed by atoms with Crippen molar-refractivity contribution in [3.05, 3.63) is 30.3 Å². The Morgan fingerprint density at radius 3 is 2.22 bits per heavy atom. The van der Waals surface area contributed by atoms with Crippen LogP contribution in [-0.2, 0) is 14.8 Å². The molecule has 2 fully saturated rings. The average molecular weight is 394 g/mol. The lowest BCUT2D eigenvalue weighted by Crippen LogP contribution is -2.48. The molecule has 2 aliphatic rings. The van der Waals surface area contributed by atoms with Crippen LogP contribution in [0.15, 0.2) is 35.2 Å². The van der Waals surface area contributed by atoms with Gasteiger partial charge in [-0.15, -0.1) is 0 Å². The molecule has 150 valence electrons. The Bertz CT molecular complexity index is 707. The van der Waals surface area contributed by atoms with E-state index in [9.17, 15) is 13.2 Å². The van der Waals surface area contributed by atoms with Crippen LogP contribution in [0.3, 0.4) is 0 Å². The third-order valence-corrected chi connectivity index (χ3v) is 7.81. The lowest BCUT2D eigenvalue weighted by atomic mass is 9.93. The SMILES string of the molecule is CCN1CCN(C(=O)CCC2CCN(S(=O)(=O)c3ccccc3)CC2)CC1. The molecular formula is C20H31N3O3S. The van der Waals surface area contributed by atoms with Gasteiger partial charge in [0.2, 0.25) is 15.9 Å². The Morgan fingerprint density at radius 1 is 1.00 bits per heavy atom. The second-order valence-electron chi connectivity index (χ2n) is 7.51. The molecule has 0 aromatic heterocycles. The van der Waals surface area contributed by atoms with Crippen LogP contribution in [0.1, 0.15) is 32.6 Å². The topological polar surface area (TPSA) is 60.9 Å². The molecule has 3 rings (SSSR count). The van der Waals surface area contributed by atoms with Gasteiger partial charge in [-0.1, -0.05) is 25.1 Å². The van der Waals surface area contributed by atoms with Gasteiger partial charge in [0, 0.05) is 45.7 Å². The Hall–Kier alpha value is -1.44. The number of hydrogen-bond donors (Lipinski definition) is 0. The van der Waals surface area contributed by atoms with Crippen molar-refractivity contribution in [1.29, 1.82) is 0 Å². The van der Waals surface area contributed by atoms with Crippen LogP contribution in [0.2, 0.25) is 0 Å². The molecule has 2 heterocycles. The smallest absolute Gasteiger partial charge is 0.243 e. The van der Waals surface area contributed by atoms with Crippen LogP contribution in [0.5, 0.6) is 0 Å². The molecule has 1 aromatic carbocycles. The van der Waals surface area contributed by atoms with Crippen molar-refractivity contribution in [3.63, 3.8) is 0 Å². The van der Waals surface area contributed by atoms with Crippen molar-refractivity contribution < 1.29 is 13.2 Å². The summed E-state index contributed by atoms with van der Waals surface area (Å²) < 4.78 is 26.9. The zero-order chi connectivity index (χ0) is 19.3. The number of rotatable bonds is 6. The second-order valence-corrected chi connectivity index (χ2v) is 9.45. The minimum atomic E-state index is -3.39. The zero-order valence-electron chi connectivity index (χ0n) is 16.2. The van der Waals surface area contributed by atoms with Gasteiger partial charge in [-0.05, 0) is 43.9 Å². The highest BCUT2D eigenvalue weighted by atomic mass is 32.2. The Kier molecular flexibility index (Phi) is 6.89. The molecule has 0 radical (unpaired) electrons. The Labute approximate surface area is 163 Å². The molecule has 0 unspecified atom stereocenters. The van der Waals surface area contributed by atoms with Crippen molar-refractivity contribution in [2.75, 3.05) is 45.8 Å². The standard InChI is InChI=1S/C20H31N3O3S/c1-2-21-14-16-22(17-15-21)20(24)9-8-18-10-12-23(13-11-18)27(25,26)19-6-4-3-5-7-19/h3-7,18H,2,8-17H2,1H3. The molecule has 2 aliphatic heterocycles. The first-order chi connectivity index (χ1) is 13.0. The molecule has 0 aliphatic carbocycles. The van der Waals surface area contributed by atoms with Gasteiger partial charge >= 0.3 is 0 Å². The lowest BCUT2D eigenvalue weighted by molar-refractivity contribution is -0.133. The predicted octanol–water partition coefficient (Wildman–Crippen LogP) is 2.03. The van der Waals surface area contributed by atoms with Crippen molar-refractivity contribution in [3.8, 4) is 0 Å². The molecule has 1 aromatic rings. The molecule has 0 spiro atoms. The number of benzene rings is 1. The number of amides is 1. The van der Waals surface area contributed by atoms with Crippen LogP contribution < -0.4 is 0 Å². The summed E-state index contributed by atoms with van der Waals surface area (Å²) in [5, 5.41) is 0. The normalized spacial score (nSPS) is 20.7. The average Bonchev–Trinajstić information content (AvgIpc) is 2.73. The van der Waals surface area contributed by atoms with E-state index in [0.29, 0.717) is 30.3 Å². The summed E-state index contributed by atoms with van der Waals surface area (Å²) in [6.45, 7) is 7.90. The van der Waals surface area contributed by atoms with E-state index in [2.05, 4.69) is 11.8 Å². The highest BCUT2D eigenvalue weighted by molar-refractivity contribution is 7.89. The van der Waals surface area contributed by atoms with Gasteiger partial charge in [-0.25, -0.2) is 8.42 Å². The van der Waals surface area contributed by atoms with Gasteiger partial charge in [-0.2, -0.15) is 4.31 Å². The predicted molar refractivity (Wildman–Crippen MR) is 106 cm³/mol. The number of hydrogen-bond acceptors (Lipinski definition) is 4. The van der Waals surface area contributed by atoms with E-state index in [1.54, 1.807) is 28.6 Å². The fourth-order valence-corrected chi connectivity index (χ4v) is 5.47. The summed E-state index contributed by atoms with van der Waals surface area (Å²) in [6, 6.07) is 8.64. The third kappa shape index (κ3) is 5.09. The van der Waals surface area contributed by atoms with Gasteiger partial charge in [0.1, 0.15) is 0 Å². The van der Waals surface area contributed by atoms with E-state index >= 15 is 0 Å². The van der Waals surface area contributed by atoms with E-state index in [1.165, 1.54) is 0 Å². The number of likely N-dealkylation sites (N-methyl/N-ethyl adjacent to an activating group) is 1. The minimum Gasteiger partial charge on any atom is -0.340 e. The molecular weight excluding hydrogens is 362 g/mol. The molecule has 0 bridgehead atoms. The van der Waals surface area contributed by atoms with Crippen molar-refractivity contribution >= 4 is 15.9 Å². The number of sulfonamides is 1. The second kappa shape index (κ2) is 9.17. The molecule has 7 heteroatoms. The summed E-state index contributed by atoms with van der Waals surface area (Å²) in [7, 11) is -3.39. The van der Waals surface area contributed by atoms with Gasteiger partial charge in [0.05, 0.1) is 4.90 Å². The third-order valence-electron chi connectivity index (χ3n) is 5.89. The van der Waals surface area contributed by atoms with Crippen LogP contribution in [0, 0.1) is 5.92 Å². The highest BCUT2D eigenvalue weighted by Crippen LogP contribution is 2.26. The highest BCUT2D eigenvalue weighted by Gasteiger charge is 2.29. The molecule has 2 saturated heterocycles. The van der Waals surface area contributed by atoms with Crippen LogP contribution >= 0.6 is 0 Å². The zero-order valence-corrected chi connectivity index (χ0v) is 17.0. The van der Waals surface area contributed by atoms with E-state index < -0.39 is 10.0 Å². The number of piperazine rings is 1. The molecule has 27 heavy (non-hydrogen) atoms. The molecule has 1 amide bonds. The summed E-state index contributed by atoms with van der Waals surface area (Å²) in [5.74, 6) is 0.693. The van der Waals surface area contributed by atoms with Crippen LogP contribution in [0.4, 0.5) is 0 Å². The fraction of sp³-hybridized carbons (Fsp3) is 0.650. The van der Waals surface area contributed by atoms with Crippen molar-refractivity contribution in [2.45, 2.75) is 37.5 Å². The number of piperidine rings is 1. The Morgan fingerprint density at radius 2 is 1.63 bits per heavy atom. The van der Waals surface area contributed by atoms with Gasteiger partial charge < -0.3 is 9.80 Å². The van der Waals surface area contributed by atoms with Crippen molar-refractivity contribution in [2.24, 2.45) is 5.92 Å². The molecule has 0 N–H and O–H groups in total. The minimum absolute atomic E-state index is 0.255. The summed E-state index contributed by atoms with van der Waals surface area (Å²) in [4.78, 5) is 17.2. The molecule has 0 atom stereocenters. The maximum absolute atomic E-state index is 12.7. The molecule has 6 nitrogen and oxygen atoms in total. The first-order valence-electron chi connectivity index (χ1n) is 10.1. The maximum Gasteiger partial charge on any atom is 0.243 e. The number of carbonyl (C=O) groups is 1. The Balaban J connectivity index is 1.43. The first-order valence-corrected chi connectivity index (χ1v) is 11.5. The first kappa shape index (κ1) is 20.3. The number of carbonyl (C=O) groups excluding carboxylic acids is 1. The summed E-state index contributed by atoms with van der Waals surface area (Å²) in [6.07, 6.45) is 3.13. The summed E-state index contributed by atoms with van der Waals surface area (Å²) in [5.41, 5.74) is 0. The number of nitrogens with zero attached hydrogens (tertiary/aromatic N) is 3. The van der Waals surface area contributed by atoms with E-state index in [1.807, 2.05) is 11.0 Å². The van der Waals surface area contributed by atoms with Gasteiger partial charge in [0.25, 0.3) is 0 Å². The maximum atomic E-state index is 12.7. The monoisotopic (exact) mass is 393 g/mol.